The lowest BCUT2D eigenvalue weighted by Gasteiger charge is -2.23. The largest absolute Gasteiger partial charge is 0.449 e. The van der Waals surface area contributed by atoms with E-state index in [0.717, 1.165) is 28.0 Å². The van der Waals surface area contributed by atoms with E-state index in [1.54, 1.807) is 0 Å². The Hall–Kier alpha value is -2.56. The molecule has 0 amide bonds. The van der Waals surface area contributed by atoms with Crippen molar-refractivity contribution in [1.29, 1.82) is 0 Å². The third-order valence-electron chi connectivity index (χ3n) is 4.52. The number of aromatic nitrogens is 2. The summed E-state index contributed by atoms with van der Waals surface area (Å²) in [6, 6.07) is 8.47. The van der Waals surface area contributed by atoms with Crippen LogP contribution in [0.5, 0.6) is 0 Å². The van der Waals surface area contributed by atoms with Crippen LogP contribution >= 0.6 is 0 Å². The van der Waals surface area contributed by atoms with E-state index in [2.05, 4.69) is 72.1 Å². The average Bonchev–Trinajstić information content (AvgIpc) is 2.87. The molecule has 114 valence electrons. The number of fused-ring (bicyclic) bond motifs is 3. The van der Waals surface area contributed by atoms with E-state index in [0.29, 0.717) is 0 Å². The minimum Gasteiger partial charge on any atom is -0.449 e. The number of nitrogens with zero attached hydrogens (tertiary/aromatic N) is 3. The summed E-state index contributed by atoms with van der Waals surface area (Å²) in [5.74, 6) is 0. The second-order valence-electron chi connectivity index (χ2n) is 6.31. The van der Waals surface area contributed by atoms with Crippen molar-refractivity contribution in [2.75, 3.05) is 7.05 Å². The summed E-state index contributed by atoms with van der Waals surface area (Å²) in [7, 11) is 4.16. The van der Waals surface area contributed by atoms with Crippen molar-refractivity contribution in [3.63, 3.8) is 0 Å². The summed E-state index contributed by atoms with van der Waals surface area (Å²) in [4.78, 5) is 6.73. The normalized spacial score (nSPS) is 13.7. The molecule has 4 heterocycles. The van der Waals surface area contributed by atoms with Gasteiger partial charge in [0.1, 0.15) is 12.7 Å². The van der Waals surface area contributed by atoms with Crippen LogP contribution in [-0.2, 0) is 7.05 Å². The van der Waals surface area contributed by atoms with Gasteiger partial charge in [0.15, 0.2) is 11.8 Å². The maximum absolute atomic E-state index is 6.19. The maximum atomic E-state index is 6.19. The van der Waals surface area contributed by atoms with E-state index in [-0.39, 0.29) is 6.85 Å². The van der Waals surface area contributed by atoms with Crippen molar-refractivity contribution in [2.45, 2.75) is 13.8 Å². The Kier molecular flexibility index (Phi) is 3.05. The Morgan fingerprint density at radius 2 is 2.04 bits per heavy atom. The number of aryl methyl sites for hydroxylation is 3. The van der Waals surface area contributed by atoms with E-state index >= 15 is 0 Å². The molecule has 4 nitrogen and oxygen atoms in total. The Morgan fingerprint density at radius 3 is 2.87 bits per heavy atom. The van der Waals surface area contributed by atoms with E-state index in [4.69, 9.17) is 4.42 Å². The Bertz CT molecular complexity index is 945. The molecule has 0 fully saturated rings. The minimum atomic E-state index is 0.0504. The molecule has 4 rings (SSSR count). The summed E-state index contributed by atoms with van der Waals surface area (Å²) in [6.07, 6.45) is 6.33. The molecule has 1 aliphatic heterocycles. The second-order valence-corrected chi connectivity index (χ2v) is 6.31. The average molecular weight is 304 g/mol. The number of hydrogen-bond acceptors (Lipinski definition) is 3. The van der Waals surface area contributed by atoms with Gasteiger partial charge in [-0.25, -0.2) is 9.55 Å². The van der Waals surface area contributed by atoms with Gasteiger partial charge in [-0.05, 0) is 50.9 Å². The fourth-order valence-corrected chi connectivity index (χ4v) is 3.26. The highest BCUT2D eigenvalue weighted by Crippen LogP contribution is 2.23. The van der Waals surface area contributed by atoms with Gasteiger partial charge < -0.3 is 9.23 Å². The predicted octanol–water partition coefficient (Wildman–Crippen LogP) is 1.29. The smallest absolute Gasteiger partial charge is 0.443 e. The van der Waals surface area contributed by atoms with Crippen LogP contribution in [0.15, 0.2) is 41.1 Å². The van der Waals surface area contributed by atoms with E-state index < -0.39 is 0 Å². The van der Waals surface area contributed by atoms with Gasteiger partial charge in [-0.15, -0.1) is 0 Å². The lowest BCUT2D eigenvalue weighted by molar-refractivity contribution is -0.654. The monoisotopic (exact) mass is 304 g/mol. The molecule has 23 heavy (non-hydrogen) atoms. The molecule has 0 aromatic carbocycles. The summed E-state index contributed by atoms with van der Waals surface area (Å²) in [5, 5.41) is 1.08. The first kappa shape index (κ1) is 14.1. The van der Waals surface area contributed by atoms with Gasteiger partial charge in [-0.2, -0.15) is 0 Å². The van der Waals surface area contributed by atoms with Gasteiger partial charge in [0.2, 0.25) is 5.71 Å². The Labute approximate surface area is 136 Å². The molecule has 5 heteroatoms. The fourth-order valence-electron chi connectivity index (χ4n) is 3.26. The van der Waals surface area contributed by atoms with E-state index in [1.165, 1.54) is 11.2 Å². The third-order valence-corrected chi connectivity index (χ3v) is 4.52. The van der Waals surface area contributed by atoms with Gasteiger partial charge >= 0.3 is 6.85 Å². The topological polar surface area (TPSA) is 33.1 Å². The fraction of sp³-hybridized carbons (Fsp3) is 0.222. The number of pyridine rings is 2. The number of furan rings is 1. The van der Waals surface area contributed by atoms with Crippen molar-refractivity contribution < 1.29 is 8.98 Å². The molecule has 0 saturated carbocycles. The van der Waals surface area contributed by atoms with E-state index in [1.807, 2.05) is 13.0 Å². The molecule has 0 radical (unpaired) electrons. The van der Waals surface area contributed by atoms with Crippen LogP contribution in [0, 0.1) is 13.8 Å². The molecule has 0 unspecified atom stereocenters. The van der Waals surface area contributed by atoms with Crippen LogP contribution in [0.1, 0.15) is 16.8 Å². The molecule has 0 atom stereocenters. The van der Waals surface area contributed by atoms with Crippen LogP contribution in [0.2, 0.25) is 0 Å². The van der Waals surface area contributed by atoms with Gasteiger partial charge in [0.05, 0.1) is 0 Å². The summed E-state index contributed by atoms with van der Waals surface area (Å²) >= 11 is 0. The van der Waals surface area contributed by atoms with Gasteiger partial charge in [0, 0.05) is 28.8 Å². The molecule has 0 N–H and O–H groups in total. The lowest BCUT2D eigenvalue weighted by Crippen LogP contribution is -2.65. The first-order valence-corrected chi connectivity index (χ1v) is 7.81. The predicted molar refractivity (Wildman–Crippen MR) is 92.9 cm³/mol. The van der Waals surface area contributed by atoms with Crippen LogP contribution in [0.3, 0.4) is 0 Å². The molecule has 0 bridgehead atoms. The zero-order valence-corrected chi connectivity index (χ0v) is 13.9. The third kappa shape index (κ3) is 2.15. The van der Waals surface area contributed by atoms with Crippen molar-refractivity contribution >= 4 is 35.3 Å². The van der Waals surface area contributed by atoms with Crippen molar-refractivity contribution in [2.24, 2.45) is 7.05 Å². The lowest BCUT2D eigenvalue weighted by atomic mass is 9.52. The van der Waals surface area contributed by atoms with Crippen LogP contribution in [0.25, 0.3) is 17.2 Å². The standard InChI is InChI=1S/C18H19BN3O/c1-12-7-9-21(3)16(11-12)19-17-14(8-10-22(19)4)15-6-5-13(2)20-18(15)23-17/h5-11H,1-4H3/q+1. The molecule has 0 spiro atoms. The maximum Gasteiger partial charge on any atom is 0.443 e. The SMILES string of the molecule is Cc1cc[n+](C)c(B2c3oc4nc(C)ccc4c3C=CN2C)c1. The number of hydrogen-bond donors (Lipinski definition) is 0. The number of rotatable bonds is 1. The summed E-state index contributed by atoms with van der Waals surface area (Å²) in [6.45, 7) is 4.16. The van der Waals surface area contributed by atoms with Crippen molar-refractivity contribution in [1.82, 2.24) is 9.79 Å². The highest BCUT2D eigenvalue weighted by molar-refractivity contribution is 6.82. The summed E-state index contributed by atoms with van der Waals surface area (Å²) < 4.78 is 8.34. The molecule has 0 saturated heterocycles. The highest BCUT2D eigenvalue weighted by Gasteiger charge is 2.39. The molecule has 3 aromatic heterocycles. The van der Waals surface area contributed by atoms with Crippen molar-refractivity contribution in [3.05, 3.63) is 53.5 Å². The Morgan fingerprint density at radius 1 is 1.22 bits per heavy atom. The minimum absolute atomic E-state index is 0.0504. The Balaban J connectivity index is 1.97. The molecular weight excluding hydrogens is 285 g/mol. The van der Waals surface area contributed by atoms with Crippen LogP contribution < -0.4 is 15.8 Å². The zero-order valence-electron chi connectivity index (χ0n) is 13.9. The molecule has 3 aromatic rings. The second kappa shape index (κ2) is 4.98. The van der Waals surface area contributed by atoms with Crippen LogP contribution in [-0.4, -0.2) is 23.7 Å². The first-order valence-electron chi connectivity index (χ1n) is 7.81. The van der Waals surface area contributed by atoms with Crippen molar-refractivity contribution in [3.8, 4) is 0 Å². The van der Waals surface area contributed by atoms with E-state index in [9.17, 15) is 0 Å². The molecule has 0 aliphatic carbocycles. The van der Waals surface area contributed by atoms with Gasteiger partial charge in [0.25, 0.3) is 0 Å². The summed E-state index contributed by atoms with van der Waals surface area (Å²) in [5.41, 5.74) is 6.23. The van der Waals surface area contributed by atoms with Crippen LogP contribution in [0.4, 0.5) is 0 Å². The highest BCUT2D eigenvalue weighted by atomic mass is 16.3. The van der Waals surface area contributed by atoms with Gasteiger partial charge in [-0.1, -0.05) is 0 Å². The first-order chi connectivity index (χ1) is 11.0. The molecular formula is C18H19BN3O+. The van der Waals surface area contributed by atoms with Gasteiger partial charge in [-0.3, -0.25) is 0 Å². The molecule has 1 aliphatic rings. The zero-order chi connectivity index (χ0) is 16.1. The quantitative estimate of drug-likeness (QED) is 0.502.